The molecule has 0 radical (unpaired) electrons. The third-order valence-electron chi connectivity index (χ3n) is 4.64. The molecule has 3 heterocycles. The van der Waals surface area contributed by atoms with Crippen LogP contribution in [0.2, 0.25) is 0 Å². The zero-order chi connectivity index (χ0) is 17.4. The van der Waals surface area contributed by atoms with Crippen molar-refractivity contribution in [3.8, 4) is 5.95 Å². The van der Waals surface area contributed by atoms with Crippen LogP contribution in [0.3, 0.4) is 0 Å². The molecule has 0 aliphatic carbocycles. The summed E-state index contributed by atoms with van der Waals surface area (Å²) in [6, 6.07) is 10.2. The van der Waals surface area contributed by atoms with Crippen LogP contribution in [-0.4, -0.2) is 34.2 Å². The molecule has 7 nitrogen and oxygen atoms in total. The maximum absolute atomic E-state index is 13.2. The van der Waals surface area contributed by atoms with Gasteiger partial charge in [0.25, 0.3) is 0 Å². The molecule has 4 rings (SSSR count). The number of imidazole rings is 1. The molecule has 0 bridgehead atoms. The largest absolute Gasteiger partial charge is 0.754 e. The summed E-state index contributed by atoms with van der Waals surface area (Å²) in [6.07, 6.45) is 7.64. The maximum atomic E-state index is 13.2. The first-order chi connectivity index (χ1) is 12.2. The van der Waals surface area contributed by atoms with E-state index in [9.17, 15) is 5.21 Å². The standard InChI is InChI=1S/C18H20N6O/c1-3-14-12-21(2)16-11-20-18(22-10-9-19-13-22)24(25)17(16)23(14)15-7-5-4-6-8-15/h4-11,13-14H,3,12H2,1-2H3. The molecule has 0 amide bonds. The number of hydrogen-bond donors (Lipinski definition) is 0. The van der Waals surface area contributed by atoms with E-state index in [1.165, 1.54) is 0 Å². The van der Waals surface area contributed by atoms with Gasteiger partial charge in [0.1, 0.15) is 18.2 Å². The third-order valence-corrected chi connectivity index (χ3v) is 4.64. The van der Waals surface area contributed by atoms with Gasteiger partial charge < -0.3 is 10.1 Å². The first-order valence-electron chi connectivity index (χ1n) is 8.37. The van der Waals surface area contributed by atoms with E-state index >= 15 is 0 Å². The van der Waals surface area contributed by atoms with E-state index in [2.05, 4.69) is 26.7 Å². The second-order valence-corrected chi connectivity index (χ2v) is 6.18. The molecule has 7 heteroatoms. The molecule has 3 aromatic rings. The molecule has 0 saturated carbocycles. The second-order valence-electron chi connectivity index (χ2n) is 6.18. The van der Waals surface area contributed by atoms with Crippen LogP contribution in [0.1, 0.15) is 13.3 Å². The molecule has 128 valence electrons. The summed E-state index contributed by atoms with van der Waals surface area (Å²) in [6.45, 7) is 2.98. The predicted molar refractivity (Wildman–Crippen MR) is 96.2 cm³/mol. The van der Waals surface area contributed by atoms with Gasteiger partial charge in [-0.15, -0.1) is 4.98 Å². The highest BCUT2D eigenvalue weighted by Gasteiger charge is 2.36. The van der Waals surface area contributed by atoms with E-state index in [0.29, 0.717) is 11.8 Å². The van der Waals surface area contributed by atoms with Crippen molar-refractivity contribution in [2.24, 2.45) is 0 Å². The normalized spacial score (nSPS) is 16.8. The Balaban J connectivity index is 1.94. The van der Waals surface area contributed by atoms with Crippen molar-refractivity contribution in [3.63, 3.8) is 0 Å². The van der Waals surface area contributed by atoms with Gasteiger partial charge in [0.15, 0.2) is 0 Å². The fourth-order valence-corrected chi connectivity index (χ4v) is 3.37. The molecule has 1 unspecified atom stereocenters. The summed E-state index contributed by atoms with van der Waals surface area (Å²) >= 11 is 0. The second kappa shape index (κ2) is 6.08. The molecule has 1 atom stereocenters. The van der Waals surface area contributed by atoms with Crippen LogP contribution in [-0.2, 0) is 0 Å². The fourth-order valence-electron chi connectivity index (χ4n) is 3.37. The van der Waals surface area contributed by atoms with E-state index in [0.717, 1.165) is 29.1 Å². The number of hydrogen-bond acceptors (Lipinski definition) is 5. The van der Waals surface area contributed by atoms with E-state index < -0.39 is 0 Å². The van der Waals surface area contributed by atoms with Gasteiger partial charge in [0.05, 0.1) is 24.1 Å². The van der Waals surface area contributed by atoms with E-state index in [-0.39, 0.29) is 6.04 Å². The highest BCUT2D eigenvalue weighted by molar-refractivity contribution is 5.74. The van der Waals surface area contributed by atoms with E-state index in [1.54, 1.807) is 29.5 Å². The summed E-state index contributed by atoms with van der Waals surface area (Å²) < 4.78 is 2.54. The van der Waals surface area contributed by atoms with Crippen LogP contribution >= 0.6 is 0 Å². The number of fused-ring (bicyclic) bond motifs is 1. The Morgan fingerprint density at radius 1 is 1.28 bits per heavy atom. The Bertz CT molecular complexity index is 865. The van der Waals surface area contributed by atoms with Crippen molar-refractivity contribution in [1.29, 1.82) is 0 Å². The summed E-state index contributed by atoms with van der Waals surface area (Å²) in [5.41, 5.74) is 1.84. The molecule has 0 fully saturated rings. The molecule has 1 aromatic carbocycles. The smallest absolute Gasteiger partial charge is 0.359 e. The minimum absolute atomic E-state index is 0.207. The van der Waals surface area contributed by atoms with Gasteiger partial charge in [-0.2, -0.15) is 0 Å². The SMILES string of the molecule is CCC1CN(C)c2cnc(-n3ccnc3)[n+]([O-])c2N1c1ccccc1. The van der Waals surface area contributed by atoms with Gasteiger partial charge in [-0.05, 0) is 18.6 Å². The average molecular weight is 336 g/mol. The van der Waals surface area contributed by atoms with Crippen LogP contribution in [0.4, 0.5) is 17.2 Å². The third kappa shape index (κ3) is 2.48. The number of rotatable bonds is 3. The van der Waals surface area contributed by atoms with E-state index in [1.807, 2.05) is 37.4 Å². The van der Waals surface area contributed by atoms with Gasteiger partial charge in [-0.3, -0.25) is 4.90 Å². The minimum Gasteiger partial charge on any atom is -0.754 e. The van der Waals surface area contributed by atoms with Crippen LogP contribution in [0.25, 0.3) is 5.95 Å². The number of nitrogens with zero attached hydrogens (tertiary/aromatic N) is 6. The van der Waals surface area contributed by atoms with Crippen molar-refractivity contribution in [2.45, 2.75) is 19.4 Å². The van der Waals surface area contributed by atoms with Crippen molar-refractivity contribution in [3.05, 3.63) is 60.5 Å². The molecule has 2 aromatic heterocycles. The summed E-state index contributed by atoms with van der Waals surface area (Å²) in [5.74, 6) is 0.896. The fraction of sp³-hybridized carbons (Fsp3) is 0.278. The number of para-hydroxylation sites is 1. The van der Waals surface area contributed by atoms with Crippen LogP contribution in [0, 0.1) is 5.21 Å². The van der Waals surface area contributed by atoms with Crippen molar-refractivity contribution in [1.82, 2.24) is 14.5 Å². The highest BCUT2D eigenvalue weighted by Crippen LogP contribution is 2.37. The summed E-state index contributed by atoms with van der Waals surface area (Å²) in [7, 11) is 2.00. The molecule has 1 aliphatic rings. The molecule has 25 heavy (non-hydrogen) atoms. The Morgan fingerprint density at radius 3 is 2.76 bits per heavy atom. The minimum atomic E-state index is 0.207. The monoisotopic (exact) mass is 336 g/mol. The van der Waals surface area contributed by atoms with Crippen molar-refractivity contribution < 1.29 is 4.73 Å². The first kappa shape index (κ1) is 15.4. The molecule has 1 aliphatic heterocycles. The Morgan fingerprint density at radius 2 is 2.08 bits per heavy atom. The lowest BCUT2D eigenvalue weighted by Crippen LogP contribution is -2.52. The van der Waals surface area contributed by atoms with Crippen molar-refractivity contribution in [2.75, 3.05) is 23.4 Å². The first-order valence-corrected chi connectivity index (χ1v) is 8.37. The Kier molecular flexibility index (Phi) is 3.76. The summed E-state index contributed by atoms with van der Waals surface area (Å²) in [5, 5.41) is 13.2. The van der Waals surface area contributed by atoms with Crippen LogP contribution in [0.15, 0.2) is 55.2 Å². The zero-order valence-corrected chi connectivity index (χ0v) is 14.3. The predicted octanol–water partition coefficient (Wildman–Crippen LogP) is 2.27. The molecule has 0 spiro atoms. The topological polar surface area (TPSA) is 64.1 Å². The number of aromatic nitrogens is 4. The van der Waals surface area contributed by atoms with E-state index in [4.69, 9.17) is 0 Å². The number of benzene rings is 1. The molecular formula is C18H20N6O. The lowest BCUT2D eigenvalue weighted by molar-refractivity contribution is -0.589. The van der Waals surface area contributed by atoms with Crippen molar-refractivity contribution >= 4 is 17.2 Å². The molecular weight excluding hydrogens is 316 g/mol. The number of anilines is 3. The zero-order valence-electron chi connectivity index (χ0n) is 14.3. The quantitative estimate of drug-likeness (QED) is 0.542. The lowest BCUT2D eigenvalue weighted by atomic mass is 10.1. The maximum Gasteiger partial charge on any atom is 0.359 e. The number of likely N-dealkylation sites (N-methyl/N-ethyl adjacent to an activating group) is 1. The van der Waals surface area contributed by atoms with Gasteiger partial charge in [-0.1, -0.05) is 25.1 Å². The van der Waals surface area contributed by atoms with Gasteiger partial charge in [0.2, 0.25) is 5.82 Å². The Labute approximate surface area is 146 Å². The van der Waals surface area contributed by atoms with Gasteiger partial charge >= 0.3 is 5.95 Å². The molecule has 0 saturated heterocycles. The average Bonchev–Trinajstić information content (AvgIpc) is 3.17. The Hall–Kier alpha value is -3.09. The summed E-state index contributed by atoms with van der Waals surface area (Å²) in [4.78, 5) is 12.6. The highest BCUT2D eigenvalue weighted by atomic mass is 16.5. The van der Waals surface area contributed by atoms with Gasteiger partial charge in [-0.25, -0.2) is 14.3 Å². The van der Waals surface area contributed by atoms with Crippen LogP contribution in [0.5, 0.6) is 0 Å². The van der Waals surface area contributed by atoms with Crippen LogP contribution < -0.4 is 14.5 Å². The lowest BCUT2D eigenvalue weighted by Gasteiger charge is -2.41. The van der Waals surface area contributed by atoms with Gasteiger partial charge in [0, 0.05) is 13.6 Å². The molecule has 0 N–H and O–H groups in total.